The minimum Gasteiger partial charge on any atom is -0.327 e. The van der Waals surface area contributed by atoms with Gasteiger partial charge in [0.05, 0.1) is 22.9 Å². The highest BCUT2D eigenvalue weighted by Crippen LogP contribution is 2.39. The molecule has 1 aliphatic rings. The second kappa shape index (κ2) is 5.46. The Labute approximate surface area is 116 Å². The Bertz CT molecular complexity index is 595. The monoisotopic (exact) mass is 284 g/mol. The number of benzene rings is 1. The van der Waals surface area contributed by atoms with Crippen molar-refractivity contribution in [3.8, 4) is 0 Å². The van der Waals surface area contributed by atoms with Gasteiger partial charge in [0, 0.05) is 6.04 Å². The van der Waals surface area contributed by atoms with E-state index in [1.165, 1.54) is 6.07 Å². The van der Waals surface area contributed by atoms with E-state index in [9.17, 15) is 13.2 Å². The van der Waals surface area contributed by atoms with Crippen molar-refractivity contribution in [1.29, 1.82) is 0 Å². The van der Waals surface area contributed by atoms with Crippen molar-refractivity contribution >= 4 is 11.0 Å². The van der Waals surface area contributed by atoms with Crippen molar-refractivity contribution in [2.24, 2.45) is 0 Å². The minimum absolute atomic E-state index is 0.179. The van der Waals surface area contributed by atoms with Gasteiger partial charge in [-0.15, -0.1) is 0 Å². The van der Waals surface area contributed by atoms with Crippen LogP contribution in [0.2, 0.25) is 0 Å². The second-order valence-corrected chi connectivity index (χ2v) is 4.91. The lowest BCUT2D eigenvalue weighted by atomic mass is 9.92. The Balaban J connectivity index is 0.000000704. The number of hydrogen-bond donors (Lipinski definition) is 0. The highest BCUT2D eigenvalue weighted by Gasteiger charge is 2.35. The van der Waals surface area contributed by atoms with Gasteiger partial charge >= 0.3 is 6.18 Å². The van der Waals surface area contributed by atoms with Crippen molar-refractivity contribution in [2.75, 3.05) is 0 Å². The average molecular weight is 284 g/mol. The molecule has 0 aliphatic heterocycles. The fourth-order valence-electron chi connectivity index (χ4n) is 2.47. The smallest absolute Gasteiger partial charge is 0.327 e. The molecule has 1 aromatic heterocycles. The molecule has 0 bridgehead atoms. The molecule has 2 aromatic rings. The summed E-state index contributed by atoms with van der Waals surface area (Å²) in [6, 6.07) is 3.10. The molecule has 1 heterocycles. The van der Waals surface area contributed by atoms with Gasteiger partial charge in [0.1, 0.15) is 0 Å². The minimum atomic E-state index is -4.33. The van der Waals surface area contributed by atoms with Crippen molar-refractivity contribution < 1.29 is 13.2 Å². The van der Waals surface area contributed by atoms with Crippen LogP contribution in [0.25, 0.3) is 11.0 Å². The van der Waals surface area contributed by atoms with Gasteiger partial charge in [0.25, 0.3) is 0 Å². The molecule has 5 heteroatoms. The van der Waals surface area contributed by atoms with Gasteiger partial charge in [0.2, 0.25) is 0 Å². The molecule has 0 N–H and O–H groups in total. The number of nitrogens with zero attached hydrogens (tertiary/aromatic N) is 2. The zero-order chi connectivity index (χ0) is 14.9. The van der Waals surface area contributed by atoms with Crippen molar-refractivity contribution in [1.82, 2.24) is 9.55 Å². The van der Waals surface area contributed by atoms with E-state index in [0.717, 1.165) is 19.3 Å². The summed E-state index contributed by atoms with van der Waals surface area (Å²) in [5, 5.41) is 0. The molecule has 1 fully saturated rings. The Hall–Kier alpha value is -1.52. The van der Waals surface area contributed by atoms with Gasteiger partial charge in [0.15, 0.2) is 0 Å². The Morgan fingerprint density at radius 2 is 1.85 bits per heavy atom. The molecule has 2 nitrogen and oxygen atoms in total. The standard InChI is InChI=1S/C13H13F3N2.C2H6/c1-8-5-10(13(14,15)16)12-11(6-8)17-7-18(12)9-3-2-4-9;1-2/h5-7,9H,2-4H2,1H3;1-2H3. The number of aromatic nitrogens is 2. The molecule has 1 aromatic carbocycles. The quantitative estimate of drug-likeness (QED) is 0.711. The van der Waals surface area contributed by atoms with Crippen LogP contribution in [0.4, 0.5) is 13.2 Å². The van der Waals surface area contributed by atoms with Crippen LogP contribution in [0, 0.1) is 6.92 Å². The van der Waals surface area contributed by atoms with E-state index >= 15 is 0 Å². The lowest BCUT2D eigenvalue weighted by Gasteiger charge is -2.28. The van der Waals surface area contributed by atoms with E-state index in [4.69, 9.17) is 0 Å². The molecule has 0 amide bonds. The highest BCUT2D eigenvalue weighted by molar-refractivity contribution is 5.80. The summed E-state index contributed by atoms with van der Waals surface area (Å²) in [6.07, 6.45) is 0.180. The van der Waals surface area contributed by atoms with E-state index < -0.39 is 11.7 Å². The highest BCUT2D eigenvalue weighted by atomic mass is 19.4. The molecular formula is C15H19F3N2. The van der Waals surface area contributed by atoms with Gasteiger partial charge < -0.3 is 4.57 Å². The molecule has 20 heavy (non-hydrogen) atoms. The third-order valence-electron chi connectivity index (χ3n) is 3.59. The first kappa shape index (κ1) is 14.9. The van der Waals surface area contributed by atoms with Crippen molar-refractivity contribution in [3.63, 3.8) is 0 Å². The van der Waals surface area contributed by atoms with Gasteiger partial charge in [-0.05, 0) is 43.9 Å². The van der Waals surface area contributed by atoms with E-state index in [1.807, 2.05) is 13.8 Å². The first-order valence-electron chi connectivity index (χ1n) is 7.01. The van der Waals surface area contributed by atoms with Crippen LogP contribution in [0.15, 0.2) is 18.5 Å². The molecule has 0 unspecified atom stereocenters. The number of alkyl halides is 3. The summed E-state index contributed by atoms with van der Waals surface area (Å²) < 4.78 is 41.0. The number of hydrogen-bond acceptors (Lipinski definition) is 1. The summed E-state index contributed by atoms with van der Waals surface area (Å²) in [7, 11) is 0. The number of rotatable bonds is 1. The molecule has 1 aliphatic carbocycles. The Kier molecular flexibility index (Phi) is 4.06. The van der Waals surface area contributed by atoms with Crippen LogP contribution in [-0.4, -0.2) is 9.55 Å². The average Bonchev–Trinajstić information content (AvgIpc) is 2.71. The Morgan fingerprint density at radius 3 is 2.35 bits per heavy atom. The van der Waals surface area contributed by atoms with Gasteiger partial charge in [-0.2, -0.15) is 13.2 Å². The van der Waals surface area contributed by atoms with Crippen LogP contribution in [0.5, 0.6) is 0 Å². The largest absolute Gasteiger partial charge is 0.418 e. The first-order chi connectivity index (χ1) is 9.47. The van der Waals surface area contributed by atoms with Crippen LogP contribution < -0.4 is 0 Å². The lowest BCUT2D eigenvalue weighted by Crippen LogP contribution is -2.18. The zero-order valence-electron chi connectivity index (χ0n) is 12.0. The zero-order valence-corrected chi connectivity index (χ0v) is 12.0. The van der Waals surface area contributed by atoms with Crippen LogP contribution in [-0.2, 0) is 6.18 Å². The second-order valence-electron chi connectivity index (χ2n) is 4.91. The fourth-order valence-corrected chi connectivity index (χ4v) is 2.47. The van der Waals surface area contributed by atoms with Gasteiger partial charge in [-0.25, -0.2) is 4.98 Å². The predicted molar refractivity (Wildman–Crippen MR) is 73.7 cm³/mol. The molecule has 0 saturated heterocycles. The summed E-state index contributed by atoms with van der Waals surface area (Å²) in [5.74, 6) is 0. The van der Waals surface area contributed by atoms with E-state index in [0.29, 0.717) is 11.1 Å². The maximum atomic E-state index is 13.1. The fraction of sp³-hybridized carbons (Fsp3) is 0.533. The van der Waals surface area contributed by atoms with E-state index in [1.54, 1.807) is 23.9 Å². The Morgan fingerprint density at radius 1 is 1.20 bits per heavy atom. The number of halogens is 3. The molecule has 110 valence electrons. The summed E-state index contributed by atoms with van der Waals surface area (Å²) >= 11 is 0. The van der Waals surface area contributed by atoms with Crippen LogP contribution >= 0.6 is 0 Å². The number of fused-ring (bicyclic) bond motifs is 1. The van der Waals surface area contributed by atoms with Crippen molar-refractivity contribution in [2.45, 2.75) is 52.3 Å². The third-order valence-corrected chi connectivity index (χ3v) is 3.59. The molecular weight excluding hydrogens is 265 g/mol. The molecule has 0 atom stereocenters. The topological polar surface area (TPSA) is 17.8 Å². The number of aryl methyl sites for hydroxylation is 1. The summed E-state index contributed by atoms with van der Waals surface area (Å²) in [5.41, 5.74) is 0.697. The van der Waals surface area contributed by atoms with Crippen LogP contribution in [0.3, 0.4) is 0 Å². The summed E-state index contributed by atoms with van der Waals surface area (Å²) in [4.78, 5) is 4.12. The SMILES string of the molecule is CC.Cc1cc(C(F)(F)F)c2c(c1)ncn2C1CCC1. The summed E-state index contributed by atoms with van der Waals surface area (Å²) in [6.45, 7) is 5.66. The lowest BCUT2D eigenvalue weighted by molar-refractivity contribution is -0.136. The first-order valence-corrected chi connectivity index (χ1v) is 7.01. The van der Waals surface area contributed by atoms with Gasteiger partial charge in [-0.1, -0.05) is 13.8 Å². The maximum absolute atomic E-state index is 13.1. The molecule has 3 rings (SSSR count). The molecule has 0 spiro atoms. The van der Waals surface area contributed by atoms with Crippen LogP contribution in [0.1, 0.15) is 50.3 Å². The molecule has 1 saturated carbocycles. The predicted octanol–water partition coefficient (Wildman–Crippen LogP) is 5.11. The number of imidazole rings is 1. The third kappa shape index (κ3) is 2.53. The maximum Gasteiger partial charge on any atom is 0.418 e. The normalized spacial score (nSPS) is 15.7. The van der Waals surface area contributed by atoms with E-state index in [2.05, 4.69) is 4.98 Å². The van der Waals surface area contributed by atoms with Gasteiger partial charge in [-0.3, -0.25) is 0 Å². The van der Waals surface area contributed by atoms with E-state index in [-0.39, 0.29) is 11.6 Å². The van der Waals surface area contributed by atoms with Crippen molar-refractivity contribution in [3.05, 3.63) is 29.6 Å². The molecule has 0 radical (unpaired) electrons.